The molecule has 2 aliphatic rings. The summed E-state index contributed by atoms with van der Waals surface area (Å²) in [6.07, 6.45) is 3.12. The number of anilines is 1. The zero-order valence-electron chi connectivity index (χ0n) is 16.5. The second kappa shape index (κ2) is 9.98. The Bertz CT molecular complexity index is 686. The van der Waals surface area contributed by atoms with Crippen LogP contribution in [0.4, 0.5) is 10.5 Å². The molecule has 0 unspecified atom stereocenters. The summed E-state index contributed by atoms with van der Waals surface area (Å²) in [6, 6.07) is 5.12. The van der Waals surface area contributed by atoms with Crippen molar-refractivity contribution in [2.24, 2.45) is 0 Å². The predicted molar refractivity (Wildman–Crippen MR) is 110 cm³/mol. The minimum Gasteiger partial charge on any atom is -0.492 e. The van der Waals surface area contributed by atoms with Gasteiger partial charge in [0.15, 0.2) is 0 Å². The molecule has 2 aliphatic heterocycles. The van der Waals surface area contributed by atoms with Crippen molar-refractivity contribution in [3.05, 3.63) is 23.2 Å². The molecule has 2 heterocycles. The van der Waals surface area contributed by atoms with E-state index in [2.05, 4.69) is 10.2 Å². The Morgan fingerprint density at radius 2 is 1.79 bits per heavy atom. The fourth-order valence-electron chi connectivity index (χ4n) is 3.48. The summed E-state index contributed by atoms with van der Waals surface area (Å²) < 4.78 is 5.55. The number of ether oxygens (including phenoxy) is 1. The molecule has 2 fully saturated rings. The van der Waals surface area contributed by atoms with Crippen molar-refractivity contribution in [3.8, 4) is 5.75 Å². The summed E-state index contributed by atoms with van der Waals surface area (Å²) in [5.74, 6) is 0.827. The number of likely N-dealkylation sites (tertiary alicyclic amines) is 1. The molecule has 0 bridgehead atoms. The van der Waals surface area contributed by atoms with Crippen molar-refractivity contribution in [2.45, 2.75) is 26.2 Å². The van der Waals surface area contributed by atoms with Gasteiger partial charge in [-0.3, -0.25) is 9.69 Å². The van der Waals surface area contributed by atoms with Crippen molar-refractivity contribution in [3.63, 3.8) is 0 Å². The first-order valence-electron chi connectivity index (χ1n) is 10.0. The highest BCUT2D eigenvalue weighted by atomic mass is 35.5. The standard InChI is InChI=1S/C20H29ClN4O3/c1-2-13-28-18-6-5-16(14-17(18)21)22-20(27)25-11-9-23(10-12-25)15-19(26)24-7-3-4-8-24/h5-6,14H,2-4,7-13,15H2,1H3,(H,22,27). The lowest BCUT2D eigenvalue weighted by molar-refractivity contribution is -0.131. The topological polar surface area (TPSA) is 65.1 Å². The first kappa shape index (κ1) is 20.7. The number of amides is 3. The van der Waals surface area contributed by atoms with Crippen LogP contribution in [0.2, 0.25) is 5.02 Å². The fraction of sp³-hybridized carbons (Fsp3) is 0.600. The van der Waals surface area contributed by atoms with E-state index in [0.717, 1.165) is 32.4 Å². The molecule has 0 radical (unpaired) electrons. The summed E-state index contributed by atoms with van der Waals surface area (Å²) >= 11 is 6.22. The van der Waals surface area contributed by atoms with E-state index in [-0.39, 0.29) is 11.9 Å². The van der Waals surface area contributed by atoms with Gasteiger partial charge in [0, 0.05) is 45.0 Å². The summed E-state index contributed by atoms with van der Waals surface area (Å²) in [5, 5.41) is 3.37. The van der Waals surface area contributed by atoms with E-state index < -0.39 is 0 Å². The molecule has 154 valence electrons. The van der Waals surface area contributed by atoms with Crippen molar-refractivity contribution < 1.29 is 14.3 Å². The van der Waals surface area contributed by atoms with Crippen LogP contribution < -0.4 is 10.1 Å². The van der Waals surface area contributed by atoms with Gasteiger partial charge in [0.1, 0.15) is 5.75 Å². The predicted octanol–water partition coefficient (Wildman–Crippen LogP) is 2.90. The largest absolute Gasteiger partial charge is 0.492 e. The molecule has 1 aromatic carbocycles. The number of urea groups is 1. The van der Waals surface area contributed by atoms with Crippen LogP contribution >= 0.6 is 11.6 Å². The zero-order valence-corrected chi connectivity index (χ0v) is 17.2. The maximum absolute atomic E-state index is 12.5. The molecule has 3 amide bonds. The van der Waals surface area contributed by atoms with Gasteiger partial charge in [-0.2, -0.15) is 0 Å². The molecular weight excluding hydrogens is 380 g/mol. The minimum absolute atomic E-state index is 0.149. The molecular formula is C20H29ClN4O3. The van der Waals surface area contributed by atoms with Gasteiger partial charge in [-0.1, -0.05) is 18.5 Å². The normalized spacial score (nSPS) is 17.6. The van der Waals surface area contributed by atoms with E-state index in [9.17, 15) is 9.59 Å². The Hall–Kier alpha value is -1.99. The molecule has 3 rings (SSSR count). The lowest BCUT2D eigenvalue weighted by Crippen LogP contribution is -2.52. The molecule has 1 aromatic rings. The molecule has 0 aromatic heterocycles. The Balaban J connectivity index is 1.44. The van der Waals surface area contributed by atoms with Crippen molar-refractivity contribution in [2.75, 3.05) is 57.7 Å². The van der Waals surface area contributed by atoms with Gasteiger partial charge in [0.25, 0.3) is 0 Å². The van der Waals surface area contributed by atoms with Crippen LogP contribution in [-0.2, 0) is 4.79 Å². The number of nitrogens with zero attached hydrogens (tertiary/aromatic N) is 3. The van der Waals surface area contributed by atoms with Crippen LogP contribution in [0.25, 0.3) is 0 Å². The number of halogens is 1. The number of carbonyl (C=O) groups excluding carboxylic acids is 2. The quantitative estimate of drug-likeness (QED) is 0.786. The number of carbonyl (C=O) groups is 2. The van der Waals surface area contributed by atoms with Crippen molar-refractivity contribution >= 4 is 29.2 Å². The zero-order chi connectivity index (χ0) is 19.9. The smallest absolute Gasteiger partial charge is 0.321 e. The third-order valence-electron chi connectivity index (χ3n) is 5.12. The average molecular weight is 409 g/mol. The third kappa shape index (κ3) is 5.52. The Kier molecular flexibility index (Phi) is 7.39. The highest BCUT2D eigenvalue weighted by Gasteiger charge is 2.25. The van der Waals surface area contributed by atoms with Crippen LogP contribution in [0.3, 0.4) is 0 Å². The highest BCUT2D eigenvalue weighted by Crippen LogP contribution is 2.28. The Morgan fingerprint density at radius 3 is 2.43 bits per heavy atom. The first-order valence-corrected chi connectivity index (χ1v) is 10.4. The Labute approximate surface area is 171 Å². The van der Waals surface area contributed by atoms with Gasteiger partial charge in [-0.05, 0) is 37.5 Å². The second-order valence-corrected chi connectivity index (χ2v) is 7.68. The van der Waals surface area contributed by atoms with Gasteiger partial charge in [-0.25, -0.2) is 4.79 Å². The number of nitrogens with one attached hydrogen (secondary N) is 1. The maximum atomic E-state index is 12.5. The lowest BCUT2D eigenvalue weighted by Gasteiger charge is -2.35. The van der Waals surface area contributed by atoms with Gasteiger partial charge < -0.3 is 19.9 Å². The fourth-order valence-corrected chi connectivity index (χ4v) is 3.71. The number of hydrogen-bond donors (Lipinski definition) is 1. The summed E-state index contributed by atoms with van der Waals surface area (Å²) in [4.78, 5) is 30.6. The highest BCUT2D eigenvalue weighted by molar-refractivity contribution is 6.32. The number of piperazine rings is 1. The molecule has 0 saturated carbocycles. The molecule has 0 atom stereocenters. The first-order chi connectivity index (χ1) is 13.6. The molecule has 2 saturated heterocycles. The number of hydrogen-bond acceptors (Lipinski definition) is 4. The molecule has 28 heavy (non-hydrogen) atoms. The number of rotatable bonds is 6. The maximum Gasteiger partial charge on any atom is 0.321 e. The molecule has 0 spiro atoms. The van der Waals surface area contributed by atoms with Gasteiger partial charge in [0.2, 0.25) is 5.91 Å². The van der Waals surface area contributed by atoms with Gasteiger partial charge in [0.05, 0.1) is 18.2 Å². The molecule has 7 nitrogen and oxygen atoms in total. The third-order valence-corrected chi connectivity index (χ3v) is 5.42. The van der Waals surface area contributed by atoms with E-state index in [1.165, 1.54) is 0 Å². The van der Waals surface area contributed by atoms with E-state index >= 15 is 0 Å². The monoisotopic (exact) mass is 408 g/mol. The van der Waals surface area contributed by atoms with Crippen LogP contribution in [0, 0.1) is 0 Å². The molecule has 8 heteroatoms. The van der Waals surface area contributed by atoms with E-state index in [0.29, 0.717) is 55.8 Å². The molecule has 1 N–H and O–H groups in total. The van der Waals surface area contributed by atoms with E-state index in [1.54, 1.807) is 23.1 Å². The summed E-state index contributed by atoms with van der Waals surface area (Å²) in [7, 11) is 0. The second-order valence-electron chi connectivity index (χ2n) is 7.27. The van der Waals surface area contributed by atoms with Crippen LogP contribution in [0.5, 0.6) is 5.75 Å². The van der Waals surface area contributed by atoms with Crippen LogP contribution in [0.15, 0.2) is 18.2 Å². The Morgan fingerprint density at radius 1 is 1.07 bits per heavy atom. The molecule has 0 aliphatic carbocycles. The van der Waals surface area contributed by atoms with E-state index in [1.807, 2.05) is 11.8 Å². The van der Waals surface area contributed by atoms with Crippen molar-refractivity contribution in [1.82, 2.24) is 14.7 Å². The van der Waals surface area contributed by atoms with Gasteiger partial charge in [-0.15, -0.1) is 0 Å². The van der Waals surface area contributed by atoms with Gasteiger partial charge >= 0.3 is 6.03 Å². The van der Waals surface area contributed by atoms with Crippen LogP contribution in [0.1, 0.15) is 26.2 Å². The van der Waals surface area contributed by atoms with E-state index in [4.69, 9.17) is 16.3 Å². The SMILES string of the molecule is CCCOc1ccc(NC(=O)N2CCN(CC(=O)N3CCCC3)CC2)cc1Cl. The number of benzene rings is 1. The lowest BCUT2D eigenvalue weighted by atomic mass is 10.3. The van der Waals surface area contributed by atoms with Crippen LogP contribution in [-0.4, -0.2) is 79.1 Å². The summed E-state index contributed by atoms with van der Waals surface area (Å²) in [5.41, 5.74) is 0.644. The van der Waals surface area contributed by atoms with Crippen molar-refractivity contribution in [1.29, 1.82) is 0 Å². The average Bonchev–Trinajstić information content (AvgIpc) is 3.23. The summed E-state index contributed by atoms with van der Waals surface area (Å²) in [6.45, 7) is 7.47. The minimum atomic E-state index is -0.149.